The van der Waals surface area contributed by atoms with Gasteiger partial charge in [0.05, 0.1) is 5.57 Å². The molecule has 3 heteroatoms. The lowest BCUT2D eigenvalue weighted by Crippen LogP contribution is -2.08. The van der Waals surface area contributed by atoms with Gasteiger partial charge >= 0.3 is 5.97 Å². The van der Waals surface area contributed by atoms with Crippen molar-refractivity contribution in [1.29, 1.82) is 0 Å². The summed E-state index contributed by atoms with van der Waals surface area (Å²) >= 11 is 0. The first-order valence-corrected chi connectivity index (χ1v) is 4.78. The summed E-state index contributed by atoms with van der Waals surface area (Å²) < 4.78 is 0. The summed E-state index contributed by atoms with van der Waals surface area (Å²) in [5, 5.41) is 8.62. The van der Waals surface area contributed by atoms with E-state index in [2.05, 4.69) is 6.92 Å². The number of hydrogen-bond acceptors (Lipinski definition) is 2. The van der Waals surface area contributed by atoms with Gasteiger partial charge in [-0.1, -0.05) is 26.2 Å². The number of carbonyl (C=O) groups is 1. The molecule has 0 unspecified atom stereocenters. The largest absolute Gasteiger partial charge is 0.478 e. The van der Waals surface area contributed by atoms with Crippen LogP contribution in [0.5, 0.6) is 0 Å². The van der Waals surface area contributed by atoms with E-state index in [0.29, 0.717) is 12.1 Å². The van der Waals surface area contributed by atoms with Gasteiger partial charge in [0.2, 0.25) is 0 Å². The molecule has 0 spiro atoms. The van der Waals surface area contributed by atoms with Gasteiger partial charge in [-0.2, -0.15) is 0 Å². The monoisotopic (exact) mass is 185 g/mol. The van der Waals surface area contributed by atoms with Gasteiger partial charge in [0.15, 0.2) is 0 Å². The fraction of sp³-hybridized carbons (Fsp3) is 0.700. The molecule has 0 aromatic heterocycles. The second-order valence-corrected chi connectivity index (χ2v) is 3.27. The van der Waals surface area contributed by atoms with Crippen LogP contribution in [-0.4, -0.2) is 11.1 Å². The van der Waals surface area contributed by atoms with Crippen molar-refractivity contribution in [2.75, 3.05) is 0 Å². The highest BCUT2D eigenvalue weighted by Gasteiger charge is 2.04. The average molecular weight is 185 g/mol. The van der Waals surface area contributed by atoms with Gasteiger partial charge in [-0.25, -0.2) is 4.79 Å². The Labute approximate surface area is 79.6 Å². The molecule has 0 saturated carbocycles. The Hall–Kier alpha value is -0.990. The molecule has 0 aliphatic heterocycles. The first-order chi connectivity index (χ1) is 6.09. The summed E-state index contributed by atoms with van der Waals surface area (Å²) in [6, 6.07) is 0. The van der Waals surface area contributed by atoms with Gasteiger partial charge in [-0.3, -0.25) is 0 Å². The highest BCUT2D eigenvalue weighted by atomic mass is 16.4. The normalized spacial score (nSPS) is 12.5. The van der Waals surface area contributed by atoms with Crippen LogP contribution >= 0.6 is 0 Å². The Morgan fingerprint density at radius 3 is 2.38 bits per heavy atom. The topological polar surface area (TPSA) is 63.3 Å². The summed E-state index contributed by atoms with van der Waals surface area (Å²) in [6.07, 6.45) is 5.20. The zero-order valence-corrected chi connectivity index (χ0v) is 8.47. The lowest BCUT2D eigenvalue weighted by Gasteiger charge is -2.03. The van der Waals surface area contributed by atoms with E-state index in [1.165, 1.54) is 12.8 Å². The molecule has 0 heterocycles. The van der Waals surface area contributed by atoms with Crippen molar-refractivity contribution in [2.24, 2.45) is 5.73 Å². The Bertz CT molecular complexity index is 197. The number of aliphatic carboxylic acids is 1. The molecular formula is C10H19NO2. The Morgan fingerprint density at radius 1 is 1.31 bits per heavy atom. The third kappa shape index (κ3) is 5.28. The van der Waals surface area contributed by atoms with Gasteiger partial charge in [-0.15, -0.1) is 0 Å². The zero-order chi connectivity index (χ0) is 10.3. The maximum Gasteiger partial charge on any atom is 0.333 e. The summed E-state index contributed by atoms with van der Waals surface area (Å²) in [5.74, 6) is -0.909. The average Bonchev–Trinajstić information content (AvgIpc) is 2.10. The van der Waals surface area contributed by atoms with Gasteiger partial charge in [0, 0.05) is 5.70 Å². The van der Waals surface area contributed by atoms with E-state index in [-0.39, 0.29) is 5.57 Å². The Morgan fingerprint density at radius 2 is 1.92 bits per heavy atom. The quantitative estimate of drug-likeness (QED) is 0.493. The van der Waals surface area contributed by atoms with Crippen molar-refractivity contribution in [1.82, 2.24) is 0 Å². The van der Waals surface area contributed by atoms with Crippen LogP contribution in [0.25, 0.3) is 0 Å². The number of nitrogens with two attached hydrogens (primary N) is 1. The smallest absolute Gasteiger partial charge is 0.333 e. The van der Waals surface area contributed by atoms with E-state index in [0.717, 1.165) is 12.8 Å². The minimum Gasteiger partial charge on any atom is -0.478 e. The summed E-state index contributed by atoms with van der Waals surface area (Å²) in [6.45, 7) is 3.69. The highest BCUT2D eigenvalue weighted by Crippen LogP contribution is 2.09. The maximum absolute atomic E-state index is 10.5. The summed E-state index contributed by atoms with van der Waals surface area (Å²) in [4.78, 5) is 10.5. The molecule has 76 valence electrons. The lowest BCUT2D eigenvalue weighted by atomic mass is 10.1. The molecule has 0 rings (SSSR count). The summed E-state index contributed by atoms with van der Waals surface area (Å²) in [5.41, 5.74) is 6.40. The van der Waals surface area contributed by atoms with Crippen molar-refractivity contribution in [3.05, 3.63) is 11.3 Å². The number of unbranched alkanes of at least 4 members (excludes halogenated alkanes) is 3. The fourth-order valence-corrected chi connectivity index (χ4v) is 1.07. The zero-order valence-electron chi connectivity index (χ0n) is 8.47. The molecule has 0 saturated heterocycles. The van der Waals surface area contributed by atoms with Crippen LogP contribution in [-0.2, 0) is 4.79 Å². The van der Waals surface area contributed by atoms with E-state index < -0.39 is 5.97 Å². The minimum absolute atomic E-state index is 0.288. The van der Waals surface area contributed by atoms with Crippen LogP contribution < -0.4 is 5.73 Å². The van der Waals surface area contributed by atoms with Crippen LogP contribution in [0.15, 0.2) is 11.3 Å². The second kappa shape index (κ2) is 6.52. The van der Waals surface area contributed by atoms with E-state index in [4.69, 9.17) is 10.8 Å². The van der Waals surface area contributed by atoms with Crippen LogP contribution in [0.4, 0.5) is 0 Å². The molecule has 3 nitrogen and oxygen atoms in total. The standard InChI is InChI=1S/C10H19NO2/c1-3-4-5-6-7-9(11)8(2)10(12)13/h3-7,11H2,1-2H3,(H,12,13)/b9-8+. The molecule has 3 N–H and O–H groups in total. The highest BCUT2D eigenvalue weighted by molar-refractivity contribution is 5.86. The summed E-state index contributed by atoms with van der Waals surface area (Å²) in [7, 11) is 0. The molecule has 0 atom stereocenters. The molecule has 13 heavy (non-hydrogen) atoms. The Kier molecular flexibility index (Phi) is 6.02. The second-order valence-electron chi connectivity index (χ2n) is 3.27. The van der Waals surface area contributed by atoms with E-state index >= 15 is 0 Å². The van der Waals surface area contributed by atoms with Crippen molar-refractivity contribution in [2.45, 2.75) is 46.0 Å². The third-order valence-corrected chi connectivity index (χ3v) is 2.10. The van der Waals surface area contributed by atoms with Crippen molar-refractivity contribution < 1.29 is 9.90 Å². The molecule has 0 aromatic carbocycles. The number of rotatable bonds is 6. The van der Waals surface area contributed by atoms with Gasteiger partial charge in [0.25, 0.3) is 0 Å². The predicted molar refractivity (Wildman–Crippen MR) is 53.3 cm³/mol. The van der Waals surface area contributed by atoms with E-state index in [1.807, 2.05) is 0 Å². The molecule has 0 fully saturated rings. The van der Waals surface area contributed by atoms with Crippen LogP contribution in [0, 0.1) is 0 Å². The molecule has 0 amide bonds. The van der Waals surface area contributed by atoms with Crippen LogP contribution in [0.1, 0.15) is 46.0 Å². The molecule has 0 radical (unpaired) electrons. The lowest BCUT2D eigenvalue weighted by molar-refractivity contribution is -0.132. The SMILES string of the molecule is CCCCCC/C(N)=C(/C)C(=O)O. The first-order valence-electron chi connectivity index (χ1n) is 4.78. The molecule has 0 aromatic rings. The van der Waals surface area contributed by atoms with Crippen LogP contribution in [0.2, 0.25) is 0 Å². The van der Waals surface area contributed by atoms with Crippen LogP contribution in [0.3, 0.4) is 0 Å². The van der Waals surface area contributed by atoms with Gasteiger partial charge < -0.3 is 10.8 Å². The predicted octanol–water partition coefficient (Wildman–Crippen LogP) is 2.27. The number of allylic oxidation sites excluding steroid dienone is 1. The van der Waals surface area contributed by atoms with E-state index in [1.54, 1.807) is 6.92 Å². The maximum atomic E-state index is 10.5. The molecule has 0 aliphatic carbocycles. The third-order valence-electron chi connectivity index (χ3n) is 2.10. The minimum atomic E-state index is -0.909. The van der Waals surface area contributed by atoms with Crippen molar-refractivity contribution in [3.8, 4) is 0 Å². The number of carboxylic acid groups (broad SMARTS) is 1. The fourth-order valence-electron chi connectivity index (χ4n) is 1.07. The van der Waals surface area contributed by atoms with Gasteiger partial charge in [0.1, 0.15) is 0 Å². The van der Waals surface area contributed by atoms with E-state index in [9.17, 15) is 4.79 Å². The van der Waals surface area contributed by atoms with Gasteiger partial charge in [-0.05, 0) is 19.8 Å². The van der Waals surface area contributed by atoms with Crippen molar-refractivity contribution >= 4 is 5.97 Å². The number of carboxylic acids is 1. The molecule has 0 aliphatic rings. The molecular weight excluding hydrogens is 166 g/mol. The van der Waals surface area contributed by atoms with Crippen molar-refractivity contribution in [3.63, 3.8) is 0 Å². The first kappa shape index (κ1) is 12.0. The Balaban J connectivity index is 3.79. The molecule has 0 bridgehead atoms. The number of hydrogen-bond donors (Lipinski definition) is 2.